The zero-order valence-electron chi connectivity index (χ0n) is 12.9. The first-order valence-electron chi connectivity index (χ1n) is 7.33. The topological polar surface area (TPSA) is 82.8 Å². The second-order valence-corrected chi connectivity index (χ2v) is 4.88. The molecule has 1 atom stereocenters. The highest BCUT2D eigenvalue weighted by Gasteiger charge is 2.18. The molecule has 21 heavy (non-hydrogen) atoms. The fourth-order valence-corrected chi connectivity index (χ4v) is 1.96. The predicted molar refractivity (Wildman–Crippen MR) is 79.1 cm³/mol. The third-order valence-electron chi connectivity index (χ3n) is 3.51. The van der Waals surface area contributed by atoms with Crippen molar-refractivity contribution in [2.45, 2.75) is 33.7 Å². The fraction of sp³-hybridized carbons (Fsp3) is 0.600. The minimum absolute atomic E-state index is 0.108. The van der Waals surface area contributed by atoms with Crippen molar-refractivity contribution in [3.05, 3.63) is 23.7 Å². The molecule has 1 aromatic heterocycles. The first-order chi connectivity index (χ1) is 10.0. The molecule has 6 heteroatoms. The van der Waals surface area contributed by atoms with Gasteiger partial charge in [0.25, 0.3) is 5.91 Å². The number of nitrogens with zero attached hydrogens (tertiary/aromatic N) is 1. The fourth-order valence-electron chi connectivity index (χ4n) is 1.96. The zero-order valence-corrected chi connectivity index (χ0v) is 12.9. The van der Waals surface area contributed by atoms with Crippen molar-refractivity contribution in [3.63, 3.8) is 0 Å². The molecule has 1 aromatic rings. The normalized spacial score (nSPS) is 12.4. The Morgan fingerprint density at radius 1 is 1.29 bits per heavy atom. The SMILES string of the molecule is CCC(CNC(=O)c1ccc(CN(CC)CC)o1)C(=O)O. The molecule has 0 saturated carbocycles. The molecule has 0 spiro atoms. The van der Waals surface area contributed by atoms with Gasteiger partial charge in [-0.15, -0.1) is 0 Å². The summed E-state index contributed by atoms with van der Waals surface area (Å²) in [5, 5.41) is 11.5. The second kappa shape index (κ2) is 8.46. The van der Waals surface area contributed by atoms with Gasteiger partial charge in [-0.05, 0) is 31.6 Å². The number of carboxylic acid groups (broad SMARTS) is 1. The lowest BCUT2D eigenvalue weighted by atomic mass is 10.1. The summed E-state index contributed by atoms with van der Waals surface area (Å²) in [7, 11) is 0. The number of carboxylic acids is 1. The van der Waals surface area contributed by atoms with Crippen LogP contribution in [0.2, 0.25) is 0 Å². The lowest BCUT2D eigenvalue weighted by Gasteiger charge is -2.15. The van der Waals surface area contributed by atoms with Crippen molar-refractivity contribution in [3.8, 4) is 0 Å². The molecule has 1 rings (SSSR count). The van der Waals surface area contributed by atoms with Crippen molar-refractivity contribution in [1.82, 2.24) is 10.2 Å². The van der Waals surface area contributed by atoms with Crippen LogP contribution in [0.5, 0.6) is 0 Å². The molecule has 0 bridgehead atoms. The molecule has 0 fully saturated rings. The smallest absolute Gasteiger partial charge is 0.308 e. The Kier molecular flexibility index (Phi) is 6.94. The van der Waals surface area contributed by atoms with E-state index in [2.05, 4.69) is 24.1 Å². The van der Waals surface area contributed by atoms with Crippen molar-refractivity contribution in [2.24, 2.45) is 5.92 Å². The molecule has 1 heterocycles. The Balaban J connectivity index is 2.55. The highest BCUT2D eigenvalue weighted by Crippen LogP contribution is 2.11. The number of hydrogen-bond donors (Lipinski definition) is 2. The number of aliphatic carboxylic acids is 1. The molecule has 0 aromatic carbocycles. The molecule has 2 N–H and O–H groups in total. The highest BCUT2D eigenvalue weighted by molar-refractivity contribution is 5.91. The number of nitrogens with one attached hydrogen (secondary N) is 1. The van der Waals surface area contributed by atoms with E-state index >= 15 is 0 Å². The number of amides is 1. The van der Waals surface area contributed by atoms with Crippen molar-refractivity contribution >= 4 is 11.9 Å². The van der Waals surface area contributed by atoms with E-state index in [0.29, 0.717) is 13.0 Å². The monoisotopic (exact) mass is 296 g/mol. The van der Waals surface area contributed by atoms with Crippen LogP contribution in [-0.2, 0) is 11.3 Å². The average molecular weight is 296 g/mol. The molecule has 0 aliphatic carbocycles. The minimum Gasteiger partial charge on any atom is -0.481 e. The van der Waals surface area contributed by atoms with Gasteiger partial charge in [0, 0.05) is 6.54 Å². The van der Waals surface area contributed by atoms with E-state index in [0.717, 1.165) is 18.8 Å². The van der Waals surface area contributed by atoms with Gasteiger partial charge in [0.15, 0.2) is 5.76 Å². The van der Waals surface area contributed by atoms with Crippen LogP contribution >= 0.6 is 0 Å². The molecule has 0 aliphatic heterocycles. The molecule has 0 aliphatic rings. The first kappa shape index (κ1) is 17.2. The van der Waals surface area contributed by atoms with Gasteiger partial charge >= 0.3 is 5.97 Å². The van der Waals surface area contributed by atoms with Crippen LogP contribution in [-0.4, -0.2) is 41.5 Å². The molecular weight excluding hydrogens is 272 g/mol. The van der Waals surface area contributed by atoms with Crippen molar-refractivity contribution < 1.29 is 19.1 Å². The van der Waals surface area contributed by atoms with Crippen LogP contribution in [0, 0.1) is 5.92 Å². The minimum atomic E-state index is -0.903. The lowest BCUT2D eigenvalue weighted by molar-refractivity contribution is -0.141. The summed E-state index contributed by atoms with van der Waals surface area (Å²) in [6.45, 7) is 8.50. The summed E-state index contributed by atoms with van der Waals surface area (Å²) in [5.74, 6) is -0.898. The molecule has 1 unspecified atom stereocenters. The first-order valence-corrected chi connectivity index (χ1v) is 7.33. The maximum absolute atomic E-state index is 11.9. The summed E-state index contributed by atoms with van der Waals surface area (Å²) in [6.07, 6.45) is 0.473. The van der Waals surface area contributed by atoms with E-state index < -0.39 is 11.9 Å². The lowest BCUT2D eigenvalue weighted by Crippen LogP contribution is -2.32. The van der Waals surface area contributed by atoms with Gasteiger partial charge in [-0.3, -0.25) is 14.5 Å². The summed E-state index contributed by atoms with van der Waals surface area (Å²) >= 11 is 0. The van der Waals surface area contributed by atoms with Gasteiger partial charge in [-0.1, -0.05) is 20.8 Å². The molecule has 1 amide bonds. The molecule has 0 saturated heterocycles. The molecular formula is C15H24N2O4. The Bertz CT molecular complexity index is 466. The van der Waals surface area contributed by atoms with Crippen LogP contribution in [0.25, 0.3) is 0 Å². The van der Waals surface area contributed by atoms with Gasteiger partial charge in [-0.25, -0.2) is 0 Å². The van der Waals surface area contributed by atoms with E-state index in [4.69, 9.17) is 9.52 Å². The Labute approximate surface area is 125 Å². The van der Waals surface area contributed by atoms with Gasteiger partial charge in [0.05, 0.1) is 12.5 Å². The Morgan fingerprint density at radius 2 is 1.95 bits per heavy atom. The van der Waals surface area contributed by atoms with Crippen LogP contribution in [0.4, 0.5) is 0 Å². The maximum Gasteiger partial charge on any atom is 0.308 e. The summed E-state index contributed by atoms with van der Waals surface area (Å²) in [4.78, 5) is 25.0. The second-order valence-electron chi connectivity index (χ2n) is 4.88. The third kappa shape index (κ3) is 5.23. The molecule has 6 nitrogen and oxygen atoms in total. The number of carbonyl (C=O) groups is 2. The zero-order chi connectivity index (χ0) is 15.8. The van der Waals surface area contributed by atoms with Gasteiger partial charge in [0.1, 0.15) is 5.76 Å². The van der Waals surface area contributed by atoms with Crippen molar-refractivity contribution in [2.75, 3.05) is 19.6 Å². The van der Waals surface area contributed by atoms with Gasteiger partial charge < -0.3 is 14.8 Å². The maximum atomic E-state index is 11.9. The summed E-state index contributed by atoms with van der Waals surface area (Å²) in [5.41, 5.74) is 0. The van der Waals surface area contributed by atoms with Crippen molar-refractivity contribution in [1.29, 1.82) is 0 Å². The molecule has 118 valence electrons. The number of furan rings is 1. The summed E-state index contributed by atoms with van der Waals surface area (Å²) < 4.78 is 5.50. The average Bonchev–Trinajstić information content (AvgIpc) is 2.93. The summed E-state index contributed by atoms with van der Waals surface area (Å²) in [6, 6.07) is 3.40. The van der Waals surface area contributed by atoms with Crippen LogP contribution in [0.15, 0.2) is 16.5 Å². The highest BCUT2D eigenvalue weighted by atomic mass is 16.4. The number of carbonyl (C=O) groups excluding carboxylic acids is 1. The van der Waals surface area contributed by atoms with E-state index in [1.54, 1.807) is 19.1 Å². The number of rotatable bonds is 9. The number of hydrogen-bond acceptors (Lipinski definition) is 4. The van der Waals surface area contributed by atoms with E-state index in [1.807, 2.05) is 0 Å². The van der Waals surface area contributed by atoms with Crippen LogP contribution in [0.1, 0.15) is 43.5 Å². The van der Waals surface area contributed by atoms with Crippen LogP contribution < -0.4 is 5.32 Å². The van der Waals surface area contributed by atoms with Gasteiger partial charge in [0.2, 0.25) is 0 Å². The largest absolute Gasteiger partial charge is 0.481 e. The standard InChI is InChI=1S/C15H24N2O4/c1-4-11(15(19)20)9-16-14(18)13-8-7-12(21-13)10-17(5-2)6-3/h7-8,11H,4-6,9-10H2,1-3H3,(H,16,18)(H,19,20). The van der Waals surface area contributed by atoms with Gasteiger partial charge in [-0.2, -0.15) is 0 Å². The quantitative estimate of drug-likeness (QED) is 0.728. The Hall–Kier alpha value is -1.82. The predicted octanol–water partition coefficient (Wildman–Crippen LogP) is 1.96. The Morgan fingerprint density at radius 3 is 2.48 bits per heavy atom. The third-order valence-corrected chi connectivity index (χ3v) is 3.51. The van der Waals surface area contributed by atoms with E-state index in [1.165, 1.54) is 0 Å². The van der Waals surface area contributed by atoms with E-state index in [-0.39, 0.29) is 18.2 Å². The van der Waals surface area contributed by atoms with Crippen LogP contribution in [0.3, 0.4) is 0 Å². The van der Waals surface area contributed by atoms with E-state index in [9.17, 15) is 9.59 Å². The molecule has 0 radical (unpaired) electrons.